The van der Waals surface area contributed by atoms with Crippen LogP contribution < -0.4 is 10.4 Å². The van der Waals surface area contributed by atoms with E-state index in [-0.39, 0.29) is 13.0 Å². The third kappa shape index (κ3) is 4.57. The van der Waals surface area contributed by atoms with Crippen LogP contribution in [0.5, 0.6) is 0 Å². The highest BCUT2D eigenvalue weighted by Gasteiger charge is 2.48. The lowest BCUT2D eigenvalue weighted by Crippen LogP contribution is -2.51. The highest BCUT2D eigenvalue weighted by molar-refractivity contribution is 7.92. The van der Waals surface area contributed by atoms with Crippen LogP contribution in [0.15, 0.2) is 18.3 Å². The van der Waals surface area contributed by atoms with Crippen LogP contribution in [0, 0.1) is 17.8 Å². The van der Waals surface area contributed by atoms with Gasteiger partial charge in [-0.15, -0.1) is 0 Å². The molecule has 0 spiro atoms. The molecule has 2 fully saturated rings. The van der Waals surface area contributed by atoms with Crippen molar-refractivity contribution in [1.29, 1.82) is 0 Å². The summed E-state index contributed by atoms with van der Waals surface area (Å²) in [5, 5.41) is 8.93. The average Bonchev–Trinajstić information content (AvgIpc) is 3.34. The van der Waals surface area contributed by atoms with E-state index in [9.17, 15) is 18.0 Å². The van der Waals surface area contributed by atoms with Gasteiger partial charge >= 0.3 is 6.09 Å². The van der Waals surface area contributed by atoms with Gasteiger partial charge in [0.05, 0.1) is 6.54 Å². The van der Waals surface area contributed by atoms with Crippen molar-refractivity contribution in [2.24, 2.45) is 5.92 Å². The summed E-state index contributed by atoms with van der Waals surface area (Å²) < 4.78 is 27.5. The molecule has 3 rings (SSSR count). The topological polar surface area (TPSA) is 126 Å². The first-order chi connectivity index (χ1) is 14.1. The van der Waals surface area contributed by atoms with Gasteiger partial charge in [-0.1, -0.05) is 24.7 Å². The van der Waals surface area contributed by atoms with E-state index in [1.165, 1.54) is 30.1 Å². The molecule has 1 saturated heterocycles. The van der Waals surface area contributed by atoms with Gasteiger partial charge < -0.3 is 4.74 Å². The molecule has 2 unspecified atom stereocenters. The number of hydroxylamine groups is 1. The van der Waals surface area contributed by atoms with Crippen LogP contribution in [0.2, 0.25) is 0 Å². The van der Waals surface area contributed by atoms with Crippen molar-refractivity contribution in [2.75, 3.05) is 17.7 Å². The van der Waals surface area contributed by atoms with Crippen LogP contribution in [-0.4, -0.2) is 54.3 Å². The van der Waals surface area contributed by atoms with Crippen LogP contribution >= 0.6 is 0 Å². The van der Waals surface area contributed by atoms with E-state index in [0.29, 0.717) is 11.7 Å². The minimum absolute atomic E-state index is 0.0305. The molecule has 1 aliphatic carbocycles. The van der Waals surface area contributed by atoms with Gasteiger partial charge in [0.25, 0.3) is 5.91 Å². The third-order valence-corrected chi connectivity index (χ3v) is 7.68. The van der Waals surface area contributed by atoms with Gasteiger partial charge in [0.1, 0.15) is 11.9 Å². The Labute approximate surface area is 175 Å². The molecule has 0 aromatic carbocycles. The molecule has 0 radical (unpaired) electrons. The Morgan fingerprint density at radius 1 is 1.40 bits per heavy atom. The molecule has 9 nitrogen and oxygen atoms in total. The molecular weight excluding hydrogens is 410 g/mol. The molecule has 2 N–H and O–H groups in total. The van der Waals surface area contributed by atoms with Gasteiger partial charge in [-0.3, -0.25) is 14.9 Å². The zero-order valence-corrected chi connectivity index (χ0v) is 17.7. The van der Waals surface area contributed by atoms with Gasteiger partial charge in [0.2, 0.25) is 0 Å². The van der Waals surface area contributed by atoms with E-state index in [0.717, 1.165) is 24.7 Å². The van der Waals surface area contributed by atoms with Crippen molar-refractivity contribution in [2.45, 2.75) is 49.9 Å². The molecule has 162 valence electrons. The maximum Gasteiger partial charge on any atom is 0.415 e. The number of carbonyl (C=O) groups excluding carboxylic acids is 2. The van der Waals surface area contributed by atoms with Gasteiger partial charge in [0.15, 0.2) is 14.6 Å². The summed E-state index contributed by atoms with van der Waals surface area (Å²) in [5.74, 6) is 6.06. The summed E-state index contributed by atoms with van der Waals surface area (Å²) >= 11 is 0. The highest BCUT2D eigenvalue weighted by Crippen LogP contribution is 2.29. The van der Waals surface area contributed by atoms with E-state index in [1.807, 2.05) is 0 Å². The second-order valence-corrected chi connectivity index (χ2v) is 10.4. The zero-order valence-electron chi connectivity index (χ0n) is 16.9. The summed E-state index contributed by atoms with van der Waals surface area (Å²) in [7, 11) is -3.89. The Bertz CT molecular complexity index is 976. The molecule has 1 aromatic rings. The number of ether oxygens (including phenoxy) is 1. The predicted molar refractivity (Wildman–Crippen MR) is 108 cm³/mol. The van der Waals surface area contributed by atoms with Gasteiger partial charge in [-0.05, 0) is 31.9 Å². The monoisotopic (exact) mass is 435 g/mol. The standard InChI is InChI=1S/C20H25N3O6S/c1-20(18(24)22-26,30(2,27)28)11-16-13-23(19(25)29-16)17-10-9-15(12-21-17)8-7-14-5-3-4-6-14/h9-10,12,14,16,26H,3-6,11,13H2,1-2H3,(H,22,24). The van der Waals surface area contributed by atoms with Crippen LogP contribution in [0.1, 0.15) is 44.6 Å². The van der Waals surface area contributed by atoms with Gasteiger partial charge in [0, 0.05) is 30.4 Å². The molecule has 30 heavy (non-hydrogen) atoms. The van der Waals surface area contributed by atoms with Crippen LogP contribution in [-0.2, 0) is 19.4 Å². The lowest BCUT2D eigenvalue weighted by molar-refractivity contribution is -0.132. The van der Waals surface area contributed by atoms with E-state index >= 15 is 0 Å². The number of cyclic esters (lactones) is 1. The Balaban J connectivity index is 1.70. The first-order valence-corrected chi connectivity index (χ1v) is 11.6. The molecule has 2 heterocycles. The van der Waals surface area contributed by atoms with Crippen LogP contribution in [0.4, 0.5) is 10.6 Å². The Morgan fingerprint density at radius 2 is 2.10 bits per heavy atom. The molecule has 1 saturated carbocycles. The van der Waals surface area contributed by atoms with Gasteiger partial charge in [-0.25, -0.2) is 23.7 Å². The van der Waals surface area contributed by atoms with Crippen LogP contribution in [0.25, 0.3) is 0 Å². The summed E-state index contributed by atoms with van der Waals surface area (Å²) in [5.41, 5.74) is 2.13. The predicted octanol–water partition coefficient (Wildman–Crippen LogP) is 1.65. The number of rotatable bonds is 5. The molecule has 0 bridgehead atoms. The number of amides is 2. The Kier molecular flexibility index (Phi) is 6.33. The number of sulfone groups is 1. The van der Waals surface area contributed by atoms with E-state index in [1.54, 1.807) is 18.3 Å². The van der Waals surface area contributed by atoms with E-state index in [4.69, 9.17) is 9.94 Å². The number of nitrogens with zero attached hydrogens (tertiary/aromatic N) is 2. The number of anilines is 1. The zero-order chi connectivity index (χ0) is 21.9. The smallest absolute Gasteiger partial charge is 0.415 e. The van der Waals surface area contributed by atoms with Crippen molar-refractivity contribution in [3.05, 3.63) is 23.9 Å². The molecule has 2 amide bonds. The summed E-state index contributed by atoms with van der Waals surface area (Å²) in [6.45, 7) is 1.21. The number of nitrogens with one attached hydrogen (secondary N) is 1. The maximum absolute atomic E-state index is 12.3. The summed E-state index contributed by atoms with van der Waals surface area (Å²) in [4.78, 5) is 29.8. The minimum Gasteiger partial charge on any atom is -0.444 e. The van der Waals surface area contributed by atoms with Crippen molar-refractivity contribution in [3.8, 4) is 11.8 Å². The van der Waals surface area contributed by atoms with Crippen molar-refractivity contribution >= 4 is 27.7 Å². The normalized spacial score (nSPS) is 21.5. The second-order valence-electron chi connectivity index (χ2n) is 7.92. The maximum atomic E-state index is 12.3. The first-order valence-electron chi connectivity index (χ1n) is 9.74. The number of hydrogen-bond acceptors (Lipinski definition) is 7. The second kappa shape index (κ2) is 8.62. The average molecular weight is 436 g/mol. The van der Waals surface area contributed by atoms with Gasteiger partial charge in [-0.2, -0.15) is 0 Å². The number of hydrogen-bond donors (Lipinski definition) is 2. The minimum atomic E-state index is -3.89. The third-order valence-electron chi connectivity index (χ3n) is 5.69. The lowest BCUT2D eigenvalue weighted by Gasteiger charge is -2.26. The van der Waals surface area contributed by atoms with Crippen molar-refractivity contribution in [3.63, 3.8) is 0 Å². The molecule has 10 heteroatoms. The fourth-order valence-electron chi connectivity index (χ4n) is 3.66. The molecule has 2 atom stereocenters. The summed E-state index contributed by atoms with van der Waals surface area (Å²) in [6, 6.07) is 3.42. The van der Waals surface area contributed by atoms with Crippen LogP contribution in [0.3, 0.4) is 0 Å². The summed E-state index contributed by atoms with van der Waals surface area (Å²) in [6.07, 6.45) is 5.31. The Morgan fingerprint density at radius 3 is 2.67 bits per heavy atom. The molecule has 2 aliphatic rings. The van der Waals surface area contributed by atoms with E-state index < -0.39 is 32.7 Å². The molecular formula is C20H25N3O6S. The number of pyridine rings is 1. The fourth-order valence-corrected chi connectivity index (χ4v) is 4.53. The Hall–Kier alpha value is -2.64. The van der Waals surface area contributed by atoms with Crippen molar-refractivity contribution < 1.29 is 28.0 Å². The van der Waals surface area contributed by atoms with Crippen molar-refractivity contribution in [1.82, 2.24) is 10.5 Å². The lowest BCUT2D eigenvalue weighted by atomic mass is 10.0. The highest BCUT2D eigenvalue weighted by atomic mass is 32.2. The number of aromatic nitrogens is 1. The first kappa shape index (κ1) is 22.1. The largest absolute Gasteiger partial charge is 0.444 e. The fraction of sp³-hybridized carbons (Fsp3) is 0.550. The SMILES string of the molecule is CC(CC1CN(c2ccc(C#CC3CCCC3)cn2)C(=O)O1)(C(=O)NO)S(C)(=O)=O. The number of carbonyl (C=O) groups is 2. The molecule has 1 aromatic heterocycles. The molecule has 1 aliphatic heterocycles. The van der Waals surface area contributed by atoms with E-state index in [2.05, 4.69) is 16.8 Å². The quantitative estimate of drug-likeness (QED) is 0.409.